The van der Waals surface area contributed by atoms with Gasteiger partial charge in [0, 0.05) is 30.7 Å². The highest BCUT2D eigenvalue weighted by Crippen LogP contribution is 2.26. The van der Waals surface area contributed by atoms with Gasteiger partial charge in [0.25, 0.3) is 0 Å². The van der Waals surface area contributed by atoms with Gasteiger partial charge in [0.15, 0.2) is 0 Å². The summed E-state index contributed by atoms with van der Waals surface area (Å²) in [7, 11) is -0.772. The van der Waals surface area contributed by atoms with Crippen LogP contribution in [0.25, 0.3) is 0 Å². The number of nitrogens with zero attached hydrogens (tertiary/aromatic N) is 1. The summed E-state index contributed by atoms with van der Waals surface area (Å²) >= 11 is 5.92. The van der Waals surface area contributed by atoms with E-state index < -0.39 is 15.8 Å². The normalized spacial score (nSPS) is 12.4. The highest BCUT2D eigenvalue weighted by atomic mass is 35.5. The molecule has 0 saturated carbocycles. The van der Waals surface area contributed by atoms with Gasteiger partial charge in [-0.3, -0.25) is 0 Å². The van der Waals surface area contributed by atoms with Crippen LogP contribution >= 0.6 is 11.6 Å². The second-order valence-corrected chi connectivity index (χ2v) is 7.87. The van der Waals surface area contributed by atoms with Crippen molar-refractivity contribution in [1.82, 2.24) is 9.62 Å². The van der Waals surface area contributed by atoms with E-state index in [0.29, 0.717) is 18.9 Å². The molecule has 1 N–H and O–H groups in total. The number of halogens is 2. The van der Waals surface area contributed by atoms with Crippen molar-refractivity contribution in [1.29, 1.82) is 0 Å². The molecule has 0 bridgehead atoms. The molecule has 21 heavy (non-hydrogen) atoms. The highest BCUT2D eigenvalue weighted by Gasteiger charge is 2.26. The third-order valence-corrected chi connectivity index (χ3v) is 5.23. The minimum Gasteiger partial charge on any atom is -0.316 e. The highest BCUT2D eigenvalue weighted by molar-refractivity contribution is 7.89. The fourth-order valence-corrected chi connectivity index (χ4v) is 3.47. The topological polar surface area (TPSA) is 49.4 Å². The first kappa shape index (κ1) is 18.4. The van der Waals surface area contributed by atoms with Crippen LogP contribution in [0.2, 0.25) is 5.02 Å². The minimum absolute atomic E-state index is 0.206. The van der Waals surface area contributed by atoms with Gasteiger partial charge >= 0.3 is 0 Å². The average Bonchev–Trinajstić information content (AvgIpc) is 2.39. The van der Waals surface area contributed by atoms with E-state index >= 15 is 0 Å². The fraction of sp³-hybridized carbons (Fsp3) is 0.571. The zero-order chi connectivity index (χ0) is 16.2. The van der Waals surface area contributed by atoms with Gasteiger partial charge in [-0.05, 0) is 31.5 Å². The van der Waals surface area contributed by atoms with Gasteiger partial charge in [0.1, 0.15) is 10.7 Å². The van der Waals surface area contributed by atoms with Crippen LogP contribution in [0.5, 0.6) is 0 Å². The number of rotatable bonds is 7. The summed E-state index contributed by atoms with van der Waals surface area (Å²) in [5.41, 5.74) is 0.237. The number of benzene rings is 1. The molecule has 0 saturated heterocycles. The molecule has 120 valence electrons. The first-order valence-electron chi connectivity index (χ1n) is 6.79. The number of hydrogen-bond acceptors (Lipinski definition) is 3. The van der Waals surface area contributed by atoms with Crippen molar-refractivity contribution in [2.75, 3.05) is 20.6 Å². The molecule has 0 aliphatic rings. The van der Waals surface area contributed by atoms with Crippen molar-refractivity contribution in [2.45, 2.75) is 31.7 Å². The Morgan fingerprint density at radius 3 is 2.52 bits per heavy atom. The quantitative estimate of drug-likeness (QED) is 0.833. The predicted molar refractivity (Wildman–Crippen MR) is 83.4 cm³/mol. The minimum atomic E-state index is -3.88. The second-order valence-electron chi connectivity index (χ2n) is 5.42. The molecule has 1 aromatic carbocycles. The summed E-state index contributed by atoms with van der Waals surface area (Å²) in [6, 6.07) is 2.60. The molecule has 0 atom stereocenters. The van der Waals surface area contributed by atoms with E-state index in [1.165, 1.54) is 17.4 Å². The molecular weight excluding hydrogens is 315 g/mol. The van der Waals surface area contributed by atoms with Crippen molar-refractivity contribution < 1.29 is 12.8 Å². The molecule has 0 aliphatic carbocycles. The Morgan fingerprint density at radius 1 is 1.38 bits per heavy atom. The van der Waals surface area contributed by atoms with Crippen LogP contribution < -0.4 is 5.32 Å². The van der Waals surface area contributed by atoms with E-state index in [1.807, 2.05) is 13.8 Å². The molecule has 0 fully saturated rings. The van der Waals surface area contributed by atoms with Gasteiger partial charge in [-0.2, -0.15) is 0 Å². The third-order valence-electron chi connectivity index (χ3n) is 3.16. The molecule has 0 radical (unpaired) electrons. The molecule has 1 rings (SSSR count). The summed E-state index contributed by atoms with van der Waals surface area (Å²) < 4.78 is 40.5. The Kier molecular flexibility index (Phi) is 6.59. The van der Waals surface area contributed by atoms with E-state index in [9.17, 15) is 12.8 Å². The SMILES string of the molecule is CNCc1cc(Cl)cc(S(=O)(=O)N(C)CCC(C)C)c1F. The third kappa shape index (κ3) is 4.64. The standard InChI is InChI=1S/C14H22ClFN2O2S/c1-10(2)5-6-18(4)21(19,20)13-8-12(15)7-11(9-17-3)14(13)16/h7-8,10,17H,5-6,9H2,1-4H3. The lowest BCUT2D eigenvalue weighted by Crippen LogP contribution is -2.29. The van der Waals surface area contributed by atoms with E-state index in [-0.39, 0.29) is 22.0 Å². The zero-order valence-electron chi connectivity index (χ0n) is 12.8. The van der Waals surface area contributed by atoms with Crippen LogP contribution in [0.1, 0.15) is 25.8 Å². The lowest BCUT2D eigenvalue weighted by Gasteiger charge is -2.19. The molecule has 0 aliphatic heterocycles. The maximum atomic E-state index is 14.4. The van der Waals surface area contributed by atoms with Crippen molar-refractivity contribution in [2.24, 2.45) is 5.92 Å². The Hall–Kier alpha value is -0.690. The van der Waals surface area contributed by atoms with Gasteiger partial charge in [-0.1, -0.05) is 25.4 Å². The summed E-state index contributed by atoms with van der Waals surface area (Å²) in [4.78, 5) is -0.369. The van der Waals surface area contributed by atoms with Crippen molar-refractivity contribution in [3.05, 3.63) is 28.5 Å². The first-order valence-corrected chi connectivity index (χ1v) is 8.60. The molecule has 0 heterocycles. The number of nitrogens with one attached hydrogen (secondary N) is 1. The monoisotopic (exact) mass is 336 g/mol. The van der Waals surface area contributed by atoms with Gasteiger partial charge in [-0.15, -0.1) is 0 Å². The van der Waals surface area contributed by atoms with Crippen LogP contribution in [-0.2, 0) is 16.6 Å². The van der Waals surface area contributed by atoms with Crippen LogP contribution in [0, 0.1) is 11.7 Å². The summed E-state index contributed by atoms with van der Waals surface area (Å²) in [5, 5.41) is 3.00. The predicted octanol–water partition coefficient (Wildman–Crippen LogP) is 2.87. The zero-order valence-corrected chi connectivity index (χ0v) is 14.4. The molecule has 0 amide bonds. The van der Waals surface area contributed by atoms with E-state index in [4.69, 9.17) is 11.6 Å². The maximum absolute atomic E-state index is 14.4. The molecular formula is C14H22ClFN2O2S. The molecule has 0 spiro atoms. The Labute approximate surface area is 131 Å². The van der Waals surface area contributed by atoms with Gasteiger partial charge < -0.3 is 5.32 Å². The molecule has 1 aromatic rings. The smallest absolute Gasteiger partial charge is 0.245 e. The fourth-order valence-electron chi connectivity index (χ4n) is 1.85. The van der Waals surface area contributed by atoms with Crippen LogP contribution in [0.15, 0.2) is 17.0 Å². The number of hydrogen-bond donors (Lipinski definition) is 1. The van der Waals surface area contributed by atoms with Crippen LogP contribution in [0.3, 0.4) is 0 Å². The average molecular weight is 337 g/mol. The summed E-state index contributed by atoms with van der Waals surface area (Å²) in [5.74, 6) is -0.378. The lowest BCUT2D eigenvalue weighted by molar-refractivity contribution is 0.424. The Balaban J connectivity index is 3.18. The largest absolute Gasteiger partial charge is 0.316 e. The summed E-state index contributed by atoms with van der Waals surface area (Å²) in [6.45, 7) is 4.56. The van der Waals surface area contributed by atoms with Crippen molar-refractivity contribution >= 4 is 21.6 Å². The van der Waals surface area contributed by atoms with E-state index in [1.54, 1.807) is 7.05 Å². The van der Waals surface area contributed by atoms with Gasteiger partial charge in [-0.25, -0.2) is 17.1 Å². The lowest BCUT2D eigenvalue weighted by atomic mass is 10.1. The molecule has 4 nitrogen and oxygen atoms in total. The summed E-state index contributed by atoms with van der Waals surface area (Å²) in [6.07, 6.45) is 0.710. The Morgan fingerprint density at radius 2 is 2.00 bits per heavy atom. The van der Waals surface area contributed by atoms with Crippen molar-refractivity contribution in [3.8, 4) is 0 Å². The molecule has 0 aromatic heterocycles. The Bertz CT molecular complexity index is 591. The van der Waals surface area contributed by atoms with Crippen LogP contribution in [-0.4, -0.2) is 33.4 Å². The van der Waals surface area contributed by atoms with E-state index in [2.05, 4.69) is 5.32 Å². The van der Waals surface area contributed by atoms with E-state index in [0.717, 1.165) is 6.07 Å². The molecule has 7 heteroatoms. The van der Waals surface area contributed by atoms with Gasteiger partial charge in [0.2, 0.25) is 10.0 Å². The molecule has 0 unspecified atom stereocenters. The second kappa shape index (κ2) is 7.54. The maximum Gasteiger partial charge on any atom is 0.245 e. The van der Waals surface area contributed by atoms with Crippen molar-refractivity contribution in [3.63, 3.8) is 0 Å². The number of sulfonamides is 1. The first-order chi connectivity index (χ1) is 9.70. The van der Waals surface area contributed by atoms with Crippen LogP contribution in [0.4, 0.5) is 4.39 Å². The van der Waals surface area contributed by atoms with Gasteiger partial charge in [0.05, 0.1) is 0 Å².